The first-order valence-electron chi connectivity index (χ1n) is 14.4. The SMILES string of the molecule is CCOc1cccc(-c2ccc(CN3CCN(c4ccc(C(=O)Nc5ccc(OC)cc5)cc4)CC3)c(CC)c2)c1. The minimum absolute atomic E-state index is 0.119. The summed E-state index contributed by atoms with van der Waals surface area (Å²) in [5.41, 5.74) is 7.76. The van der Waals surface area contributed by atoms with Crippen LogP contribution >= 0.6 is 0 Å². The molecule has 1 fully saturated rings. The van der Waals surface area contributed by atoms with Gasteiger partial charge in [0.15, 0.2) is 0 Å². The summed E-state index contributed by atoms with van der Waals surface area (Å²) in [5.74, 6) is 1.55. The number of methoxy groups -OCH3 is 1. The first kappa shape index (κ1) is 28.2. The first-order valence-corrected chi connectivity index (χ1v) is 14.4. The second-order valence-electron chi connectivity index (χ2n) is 10.3. The molecule has 0 aromatic heterocycles. The number of nitrogens with one attached hydrogen (secondary N) is 1. The van der Waals surface area contributed by atoms with Gasteiger partial charge in [0.2, 0.25) is 0 Å². The standard InChI is InChI=1S/C35H39N3O3/c1-4-26-23-29(28-7-6-8-34(24-28)41-5-2)9-10-30(26)25-37-19-21-38(22-20-37)32-15-11-27(12-16-32)35(39)36-31-13-17-33(40-3)18-14-31/h6-18,23-24H,4-5,19-22,25H2,1-3H3,(H,36,39). The predicted molar refractivity (Wildman–Crippen MR) is 167 cm³/mol. The molecule has 5 rings (SSSR count). The van der Waals surface area contributed by atoms with Crippen molar-refractivity contribution >= 4 is 17.3 Å². The topological polar surface area (TPSA) is 54.0 Å². The molecule has 4 aromatic rings. The Balaban J connectivity index is 1.16. The van der Waals surface area contributed by atoms with Crippen molar-refractivity contribution in [2.45, 2.75) is 26.8 Å². The summed E-state index contributed by atoms with van der Waals surface area (Å²) in [4.78, 5) is 17.6. The lowest BCUT2D eigenvalue weighted by molar-refractivity contribution is 0.102. The van der Waals surface area contributed by atoms with Crippen molar-refractivity contribution in [3.63, 3.8) is 0 Å². The molecule has 6 heteroatoms. The van der Waals surface area contributed by atoms with Gasteiger partial charge in [0.25, 0.3) is 5.91 Å². The Morgan fingerprint density at radius 2 is 1.51 bits per heavy atom. The molecule has 1 aliphatic heterocycles. The van der Waals surface area contributed by atoms with Gasteiger partial charge in [0, 0.05) is 49.7 Å². The summed E-state index contributed by atoms with van der Waals surface area (Å²) >= 11 is 0. The van der Waals surface area contributed by atoms with Crippen molar-refractivity contribution in [1.29, 1.82) is 0 Å². The predicted octanol–water partition coefficient (Wildman–Crippen LogP) is 6.90. The lowest BCUT2D eigenvalue weighted by Crippen LogP contribution is -2.46. The molecule has 0 saturated carbocycles. The fourth-order valence-corrected chi connectivity index (χ4v) is 5.33. The molecular formula is C35H39N3O3. The Kier molecular flexibility index (Phi) is 9.22. The Morgan fingerprint density at radius 1 is 0.780 bits per heavy atom. The number of anilines is 2. The summed E-state index contributed by atoms with van der Waals surface area (Å²) in [5, 5.41) is 2.95. The molecule has 1 aliphatic rings. The molecular weight excluding hydrogens is 510 g/mol. The van der Waals surface area contributed by atoms with Gasteiger partial charge in [0.05, 0.1) is 13.7 Å². The molecule has 1 heterocycles. The number of carbonyl (C=O) groups excluding carboxylic acids is 1. The van der Waals surface area contributed by atoms with Crippen LogP contribution < -0.4 is 19.7 Å². The number of rotatable bonds is 10. The van der Waals surface area contributed by atoms with E-state index in [1.54, 1.807) is 7.11 Å². The molecule has 6 nitrogen and oxygen atoms in total. The van der Waals surface area contributed by atoms with Crippen LogP contribution in [-0.2, 0) is 13.0 Å². The molecule has 0 spiro atoms. The van der Waals surface area contributed by atoms with E-state index in [2.05, 4.69) is 58.4 Å². The van der Waals surface area contributed by atoms with Crippen LogP contribution in [0.5, 0.6) is 11.5 Å². The fraction of sp³-hybridized carbons (Fsp3) is 0.286. The molecule has 0 radical (unpaired) electrons. The van der Waals surface area contributed by atoms with Crippen LogP contribution in [0.3, 0.4) is 0 Å². The van der Waals surface area contributed by atoms with E-state index in [0.717, 1.165) is 62.0 Å². The first-order chi connectivity index (χ1) is 20.1. The van der Waals surface area contributed by atoms with Crippen LogP contribution in [0.4, 0.5) is 11.4 Å². The van der Waals surface area contributed by atoms with Crippen molar-refractivity contribution in [2.75, 3.05) is 50.1 Å². The summed E-state index contributed by atoms with van der Waals surface area (Å²) in [7, 11) is 1.63. The van der Waals surface area contributed by atoms with Crippen molar-refractivity contribution in [2.24, 2.45) is 0 Å². The van der Waals surface area contributed by atoms with Crippen molar-refractivity contribution in [3.05, 3.63) is 108 Å². The van der Waals surface area contributed by atoms with Crippen LogP contribution in [0.2, 0.25) is 0 Å². The number of hydrogen-bond acceptors (Lipinski definition) is 5. The lowest BCUT2D eigenvalue weighted by Gasteiger charge is -2.36. The zero-order valence-corrected chi connectivity index (χ0v) is 24.2. The Hall–Kier alpha value is -4.29. The third-order valence-electron chi connectivity index (χ3n) is 7.67. The number of ether oxygens (including phenoxy) is 2. The molecule has 1 amide bonds. The van der Waals surface area contributed by atoms with E-state index in [4.69, 9.17) is 9.47 Å². The summed E-state index contributed by atoms with van der Waals surface area (Å²) in [6.07, 6.45) is 1.01. The number of carbonyl (C=O) groups is 1. The van der Waals surface area contributed by atoms with Crippen LogP contribution in [0.1, 0.15) is 35.3 Å². The van der Waals surface area contributed by atoms with Gasteiger partial charge in [-0.2, -0.15) is 0 Å². The largest absolute Gasteiger partial charge is 0.497 e. The third kappa shape index (κ3) is 7.08. The number of piperazine rings is 1. The van der Waals surface area contributed by atoms with Gasteiger partial charge in [-0.1, -0.05) is 37.3 Å². The molecule has 1 saturated heterocycles. The quantitative estimate of drug-likeness (QED) is 0.233. The second-order valence-corrected chi connectivity index (χ2v) is 10.3. The average molecular weight is 550 g/mol. The van der Waals surface area contributed by atoms with E-state index in [9.17, 15) is 4.79 Å². The van der Waals surface area contributed by atoms with E-state index < -0.39 is 0 Å². The van der Waals surface area contributed by atoms with Gasteiger partial charge in [-0.05, 0) is 96.3 Å². The van der Waals surface area contributed by atoms with E-state index in [-0.39, 0.29) is 5.91 Å². The molecule has 0 unspecified atom stereocenters. The highest BCUT2D eigenvalue weighted by Gasteiger charge is 2.19. The number of benzene rings is 4. The number of nitrogens with zero attached hydrogens (tertiary/aromatic N) is 2. The smallest absolute Gasteiger partial charge is 0.255 e. The van der Waals surface area contributed by atoms with E-state index in [0.29, 0.717) is 12.2 Å². The zero-order valence-electron chi connectivity index (χ0n) is 24.2. The highest BCUT2D eigenvalue weighted by Crippen LogP contribution is 2.28. The molecule has 212 valence electrons. The summed E-state index contributed by atoms with van der Waals surface area (Å²) in [6, 6.07) is 30.5. The maximum absolute atomic E-state index is 12.7. The van der Waals surface area contributed by atoms with E-state index in [1.807, 2.05) is 61.5 Å². The van der Waals surface area contributed by atoms with Gasteiger partial charge < -0.3 is 19.7 Å². The van der Waals surface area contributed by atoms with Crippen LogP contribution in [-0.4, -0.2) is 50.7 Å². The van der Waals surface area contributed by atoms with Gasteiger partial charge >= 0.3 is 0 Å². The minimum Gasteiger partial charge on any atom is -0.497 e. The number of hydrogen-bond donors (Lipinski definition) is 1. The molecule has 0 aliphatic carbocycles. The maximum Gasteiger partial charge on any atom is 0.255 e. The second kappa shape index (κ2) is 13.4. The summed E-state index contributed by atoms with van der Waals surface area (Å²) < 4.78 is 10.9. The number of aryl methyl sites for hydroxylation is 1. The highest BCUT2D eigenvalue weighted by molar-refractivity contribution is 6.04. The molecule has 0 bridgehead atoms. The lowest BCUT2D eigenvalue weighted by atomic mass is 9.97. The zero-order chi connectivity index (χ0) is 28.6. The van der Waals surface area contributed by atoms with Crippen molar-refractivity contribution in [3.8, 4) is 22.6 Å². The molecule has 1 N–H and O–H groups in total. The maximum atomic E-state index is 12.7. The van der Waals surface area contributed by atoms with E-state index >= 15 is 0 Å². The fourth-order valence-electron chi connectivity index (χ4n) is 5.33. The molecule has 0 atom stereocenters. The molecule has 4 aromatic carbocycles. The minimum atomic E-state index is -0.119. The summed E-state index contributed by atoms with van der Waals surface area (Å²) in [6.45, 7) is 9.80. The van der Waals surface area contributed by atoms with Crippen LogP contribution in [0.15, 0.2) is 91.0 Å². The number of amides is 1. The normalized spacial score (nSPS) is 13.6. The average Bonchev–Trinajstić information content (AvgIpc) is 3.02. The van der Waals surface area contributed by atoms with Crippen LogP contribution in [0, 0.1) is 0 Å². The highest BCUT2D eigenvalue weighted by atomic mass is 16.5. The van der Waals surface area contributed by atoms with Crippen molar-refractivity contribution in [1.82, 2.24) is 4.90 Å². The van der Waals surface area contributed by atoms with E-state index in [1.165, 1.54) is 22.3 Å². The van der Waals surface area contributed by atoms with Gasteiger partial charge in [-0.3, -0.25) is 9.69 Å². The Bertz CT molecular complexity index is 1440. The Labute approximate surface area is 243 Å². The monoisotopic (exact) mass is 549 g/mol. The van der Waals surface area contributed by atoms with Gasteiger partial charge in [0.1, 0.15) is 11.5 Å². The Morgan fingerprint density at radius 3 is 2.20 bits per heavy atom. The van der Waals surface area contributed by atoms with Gasteiger partial charge in [-0.15, -0.1) is 0 Å². The molecule has 41 heavy (non-hydrogen) atoms. The third-order valence-corrected chi connectivity index (χ3v) is 7.67. The van der Waals surface area contributed by atoms with Crippen molar-refractivity contribution < 1.29 is 14.3 Å². The van der Waals surface area contributed by atoms with Crippen LogP contribution in [0.25, 0.3) is 11.1 Å². The van der Waals surface area contributed by atoms with Gasteiger partial charge in [-0.25, -0.2) is 0 Å².